The number of hydrogen-bond acceptors (Lipinski definition) is 8. The van der Waals surface area contributed by atoms with Crippen LogP contribution in [-0.4, -0.2) is 56.2 Å². The van der Waals surface area contributed by atoms with Crippen LogP contribution in [-0.2, 0) is 6.61 Å². The monoisotopic (exact) mass is 341 g/mol. The molecule has 1 saturated heterocycles. The van der Waals surface area contributed by atoms with Gasteiger partial charge in [-0.2, -0.15) is 15.0 Å². The Balaban J connectivity index is 1.69. The predicted octanol–water partition coefficient (Wildman–Crippen LogP) is 0.787. The van der Waals surface area contributed by atoms with E-state index in [0.29, 0.717) is 24.9 Å². The van der Waals surface area contributed by atoms with Gasteiger partial charge < -0.3 is 14.9 Å². The van der Waals surface area contributed by atoms with Gasteiger partial charge in [0.2, 0.25) is 16.5 Å². The first-order valence-corrected chi connectivity index (χ1v) is 7.41. The van der Waals surface area contributed by atoms with Crippen LogP contribution in [0.4, 0.5) is 11.8 Å². The van der Waals surface area contributed by atoms with E-state index >= 15 is 0 Å². The quantitative estimate of drug-likeness (QED) is 0.875. The van der Waals surface area contributed by atoms with Crippen molar-refractivity contribution in [2.45, 2.75) is 6.61 Å². The van der Waals surface area contributed by atoms with Gasteiger partial charge in [-0.3, -0.25) is 0 Å². The molecule has 116 valence electrons. The topological polar surface area (TPSA) is 91.2 Å². The van der Waals surface area contributed by atoms with Crippen molar-refractivity contribution in [2.24, 2.45) is 0 Å². The average molecular weight is 342 g/mol. The normalized spacial score (nSPS) is 15.2. The molecular weight excluding hydrogens is 329 g/mol. The Bertz CT molecular complexity index is 643. The molecule has 3 heterocycles. The number of aromatic nitrogens is 5. The molecule has 10 heteroatoms. The Morgan fingerprint density at radius 2 is 1.59 bits per heavy atom. The van der Waals surface area contributed by atoms with Crippen molar-refractivity contribution in [3.05, 3.63) is 28.7 Å². The van der Waals surface area contributed by atoms with Crippen molar-refractivity contribution in [3.63, 3.8) is 0 Å². The van der Waals surface area contributed by atoms with E-state index in [1.165, 1.54) is 0 Å². The molecule has 0 spiro atoms. The van der Waals surface area contributed by atoms with Crippen LogP contribution in [0.5, 0.6) is 0 Å². The average Bonchev–Trinajstić information content (AvgIpc) is 2.54. The maximum Gasteiger partial charge on any atom is 0.231 e. The third-order valence-electron chi connectivity index (χ3n) is 3.29. The lowest BCUT2D eigenvalue weighted by atomic mass is 10.3. The molecule has 1 aliphatic heterocycles. The SMILES string of the molecule is OCc1nccc(N2CCN(c3nc(Cl)nc(Cl)n3)CC2)n1. The summed E-state index contributed by atoms with van der Waals surface area (Å²) >= 11 is 11.6. The van der Waals surface area contributed by atoms with Crippen LogP contribution < -0.4 is 9.80 Å². The van der Waals surface area contributed by atoms with Crippen LogP contribution in [0, 0.1) is 0 Å². The molecule has 0 aliphatic carbocycles. The first-order chi connectivity index (χ1) is 10.7. The summed E-state index contributed by atoms with van der Waals surface area (Å²) in [6, 6.07) is 1.82. The third kappa shape index (κ3) is 3.34. The lowest BCUT2D eigenvalue weighted by Crippen LogP contribution is -2.47. The van der Waals surface area contributed by atoms with E-state index in [1.54, 1.807) is 6.20 Å². The van der Waals surface area contributed by atoms with Crippen molar-refractivity contribution in [3.8, 4) is 0 Å². The fourth-order valence-corrected chi connectivity index (χ4v) is 2.59. The van der Waals surface area contributed by atoms with Gasteiger partial charge in [-0.05, 0) is 29.3 Å². The summed E-state index contributed by atoms with van der Waals surface area (Å²) < 4.78 is 0. The molecule has 8 nitrogen and oxygen atoms in total. The van der Waals surface area contributed by atoms with Crippen LogP contribution in [0.2, 0.25) is 10.6 Å². The zero-order valence-electron chi connectivity index (χ0n) is 11.5. The van der Waals surface area contributed by atoms with Crippen LogP contribution >= 0.6 is 23.2 Å². The van der Waals surface area contributed by atoms with Gasteiger partial charge >= 0.3 is 0 Å². The predicted molar refractivity (Wildman–Crippen MR) is 82.2 cm³/mol. The molecule has 0 bridgehead atoms. The fourth-order valence-electron chi connectivity index (χ4n) is 2.23. The van der Waals surface area contributed by atoms with Gasteiger partial charge in [0, 0.05) is 32.4 Å². The molecular formula is C12H13Cl2N7O. The first-order valence-electron chi connectivity index (χ1n) is 6.65. The highest BCUT2D eigenvalue weighted by molar-refractivity contribution is 6.31. The molecule has 0 saturated carbocycles. The van der Waals surface area contributed by atoms with Gasteiger partial charge in [0.1, 0.15) is 12.4 Å². The van der Waals surface area contributed by atoms with Crippen LogP contribution in [0.3, 0.4) is 0 Å². The summed E-state index contributed by atoms with van der Waals surface area (Å²) in [6.07, 6.45) is 1.64. The van der Waals surface area contributed by atoms with E-state index in [0.717, 1.165) is 18.9 Å². The van der Waals surface area contributed by atoms with E-state index in [2.05, 4.69) is 29.8 Å². The minimum Gasteiger partial charge on any atom is -0.388 e. The molecule has 22 heavy (non-hydrogen) atoms. The Morgan fingerprint density at radius 1 is 0.955 bits per heavy atom. The minimum atomic E-state index is -0.171. The van der Waals surface area contributed by atoms with Crippen LogP contribution in [0.25, 0.3) is 0 Å². The number of hydrogen-bond donors (Lipinski definition) is 1. The highest BCUT2D eigenvalue weighted by Gasteiger charge is 2.21. The van der Waals surface area contributed by atoms with Crippen molar-refractivity contribution >= 4 is 35.0 Å². The Morgan fingerprint density at radius 3 is 2.23 bits per heavy atom. The molecule has 1 fully saturated rings. The second-order valence-corrected chi connectivity index (χ2v) is 5.31. The number of piperazine rings is 1. The second-order valence-electron chi connectivity index (χ2n) is 4.64. The Hall–Kier alpha value is -1.77. The van der Waals surface area contributed by atoms with Crippen LogP contribution in [0.1, 0.15) is 5.82 Å². The van der Waals surface area contributed by atoms with Gasteiger partial charge in [-0.25, -0.2) is 9.97 Å². The molecule has 1 aliphatic rings. The molecule has 0 amide bonds. The molecule has 2 aromatic heterocycles. The number of aliphatic hydroxyl groups excluding tert-OH is 1. The Labute approximate surface area is 136 Å². The molecule has 0 atom stereocenters. The maximum absolute atomic E-state index is 9.10. The number of rotatable bonds is 3. The highest BCUT2D eigenvalue weighted by atomic mass is 35.5. The fraction of sp³-hybridized carbons (Fsp3) is 0.417. The molecule has 2 aromatic rings. The summed E-state index contributed by atoms with van der Waals surface area (Å²) in [5, 5.41) is 9.27. The van der Waals surface area contributed by atoms with E-state index in [4.69, 9.17) is 28.3 Å². The molecule has 0 aromatic carbocycles. The van der Waals surface area contributed by atoms with Gasteiger partial charge in [0.05, 0.1) is 0 Å². The van der Waals surface area contributed by atoms with Crippen molar-refractivity contribution in [1.82, 2.24) is 24.9 Å². The van der Waals surface area contributed by atoms with Gasteiger partial charge in [0.25, 0.3) is 0 Å². The zero-order chi connectivity index (χ0) is 15.5. The smallest absolute Gasteiger partial charge is 0.231 e. The largest absolute Gasteiger partial charge is 0.388 e. The van der Waals surface area contributed by atoms with Gasteiger partial charge in [0.15, 0.2) is 5.82 Å². The summed E-state index contributed by atoms with van der Waals surface area (Å²) in [5.41, 5.74) is 0. The summed E-state index contributed by atoms with van der Waals surface area (Å²) in [6.45, 7) is 2.71. The maximum atomic E-state index is 9.10. The molecule has 1 N–H and O–H groups in total. The van der Waals surface area contributed by atoms with Crippen molar-refractivity contribution in [1.29, 1.82) is 0 Å². The van der Waals surface area contributed by atoms with E-state index in [-0.39, 0.29) is 17.2 Å². The second kappa shape index (κ2) is 6.55. The van der Waals surface area contributed by atoms with E-state index in [1.807, 2.05) is 11.0 Å². The molecule has 3 rings (SSSR count). The van der Waals surface area contributed by atoms with E-state index in [9.17, 15) is 0 Å². The third-order valence-corrected chi connectivity index (χ3v) is 3.63. The molecule has 0 unspecified atom stereocenters. The van der Waals surface area contributed by atoms with Gasteiger partial charge in [-0.1, -0.05) is 0 Å². The minimum absolute atomic E-state index is 0.0841. The number of aliphatic hydroxyl groups is 1. The standard InChI is InChI=1S/C12H13Cl2N7O/c13-10-17-11(14)19-12(18-10)21-5-3-20(4-6-21)9-1-2-15-8(7-22)16-9/h1-2,22H,3-7H2. The Kier molecular flexibility index (Phi) is 4.51. The van der Waals surface area contributed by atoms with E-state index < -0.39 is 0 Å². The lowest BCUT2D eigenvalue weighted by molar-refractivity contribution is 0.271. The molecule has 0 radical (unpaired) electrons. The summed E-state index contributed by atoms with van der Waals surface area (Å²) in [4.78, 5) is 24.3. The number of anilines is 2. The van der Waals surface area contributed by atoms with Crippen LogP contribution in [0.15, 0.2) is 12.3 Å². The van der Waals surface area contributed by atoms with Crippen molar-refractivity contribution < 1.29 is 5.11 Å². The number of halogens is 2. The summed E-state index contributed by atoms with van der Waals surface area (Å²) in [5.74, 6) is 1.68. The lowest BCUT2D eigenvalue weighted by Gasteiger charge is -2.35. The zero-order valence-corrected chi connectivity index (χ0v) is 13.0. The van der Waals surface area contributed by atoms with Gasteiger partial charge in [-0.15, -0.1) is 0 Å². The van der Waals surface area contributed by atoms with Crippen molar-refractivity contribution in [2.75, 3.05) is 36.0 Å². The first kappa shape index (κ1) is 15.1. The number of nitrogens with zero attached hydrogens (tertiary/aromatic N) is 7. The highest BCUT2D eigenvalue weighted by Crippen LogP contribution is 2.18. The summed E-state index contributed by atoms with van der Waals surface area (Å²) in [7, 11) is 0.